The van der Waals surface area contributed by atoms with Crippen molar-refractivity contribution in [3.8, 4) is 0 Å². The molecule has 0 amide bonds. The third-order valence-corrected chi connectivity index (χ3v) is 5.25. The minimum absolute atomic E-state index is 0.166. The molecule has 0 heterocycles. The molecule has 1 atom stereocenters. The van der Waals surface area contributed by atoms with Crippen LogP contribution < -0.4 is 0 Å². The van der Waals surface area contributed by atoms with Crippen molar-refractivity contribution in [3.63, 3.8) is 0 Å². The standard InChI is InChI=1S/C25H26O4/c1-25(2)16-18-10-6-7-11-21(18)24(17-8-4-3-5-9-17)22(25)13-12-19(26)14-20(27)15-23(28)29/h3-13,19,26H,14-16H2,1-2H3,(H,28,29)/b13-12+. The molecule has 2 aromatic carbocycles. The number of carboxylic acids is 1. The summed E-state index contributed by atoms with van der Waals surface area (Å²) in [7, 11) is 0. The summed E-state index contributed by atoms with van der Waals surface area (Å²) in [4.78, 5) is 22.4. The van der Waals surface area contributed by atoms with Gasteiger partial charge in [-0.05, 0) is 39.7 Å². The summed E-state index contributed by atoms with van der Waals surface area (Å²) in [6.07, 6.45) is 2.59. The number of aliphatic carboxylic acids is 1. The molecule has 150 valence electrons. The molecule has 0 aromatic heterocycles. The molecule has 0 aliphatic heterocycles. The Morgan fingerprint density at radius 1 is 1.07 bits per heavy atom. The Morgan fingerprint density at radius 2 is 1.72 bits per heavy atom. The summed E-state index contributed by atoms with van der Waals surface area (Å²) in [5.74, 6) is -1.66. The van der Waals surface area contributed by atoms with Crippen LogP contribution in [0.2, 0.25) is 0 Å². The first kappa shape index (κ1) is 20.7. The molecule has 0 bridgehead atoms. The van der Waals surface area contributed by atoms with Crippen molar-refractivity contribution in [2.24, 2.45) is 5.41 Å². The number of carboxylic acid groups (broad SMARTS) is 1. The van der Waals surface area contributed by atoms with Gasteiger partial charge in [0.05, 0.1) is 6.10 Å². The highest BCUT2D eigenvalue weighted by molar-refractivity contribution is 5.95. The molecule has 0 saturated heterocycles. The average Bonchev–Trinajstić information content (AvgIpc) is 2.65. The second-order valence-corrected chi connectivity index (χ2v) is 8.11. The largest absolute Gasteiger partial charge is 0.481 e. The number of allylic oxidation sites excluding steroid dienone is 2. The van der Waals surface area contributed by atoms with Gasteiger partial charge in [-0.3, -0.25) is 9.59 Å². The number of rotatable bonds is 7. The van der Waals surface area contributed by atoms with Crippen molar-refractivity contribution in [2.75, 3.05) is 0 Å². The number of hydrogen-bond donors (Lipinski definition) is 2. The number of benzene rings is 2. The van der Waals surface area contributed by atoms with Gasteiger partial charge in [0.25, 0.3) is 0 Å². The van der Waals surface area contributed by atoms with Crippen molar-refractivity contribution < 1.29 is 19.8 Å². The zero-order valence-electron chi connectivity index (χ0n) is 16.8. The van der Waals surface area contributed by atoms with Crippen molar-refractivity contribution in [3.05, 3.63) is 89.0 Å². The summed E-state index contributed by atoms with van der Waals surface area (Å²) in [5.41, 5.74) is 5.61. The predicted molar refractivity (Wildman–Crippen MR) is 113 cm³/mol. The lowest BCUT2D eigenvalue weighted by Crippen LogP contribution is -2.24. The van der Waals surface area contributed by atoms with E-state index in [1.807, 2.05) is 30.3 Å². The first-order valence-electron chi connectivity index (χ1n) is 9.76. The Bertz CT molecular complexity index is 967. The molecular weight excluding hydrogens is 364 g/mol. The monoisotopic (exact) mass is 390 g/mol. The Kier molecular flexibility index (Phi) is 6.14. The molecule has 0 spiro atoms. The number of carbonyl (C=O) groups excluding carboxylic acids is 1. The normalized spacial score (nSPS) is 16.5. The molecule has 1 aliphatic carbocycles. The first-order chi connectivity index (χ1) is 13.8. The van der Waals surface area contributed by atoms with Crippen molar-refractivity contribution in [1.29, 1.82) is 0 Å². The van der Waals surface area contributed by atoms with Crippen LogP contribution in [-0.4, -0.2) is 28.1 Å². The number of aliphatic hydroxyl groups is 1. The van der Waals surface area contributed by atoms with Gasteiger partial charge in [-0.15, -0.1) is 0 Å². The van der Waals surface area contributed by atoms with Crippen LogP contribution in [0.25, 0.3) is 5.57 Å². The van der Waals surface area contributed by atoms with Gasteiger partial charge in [0, 0.05) is 6.42 Å². The topological polar surface area (TPSA) is 74.6 Å². The first-order valence-corrected chi connectivity index (χ1v) is 9.76. The lowest BCUT2D eigenvalue weighted by Gasteiger charge is -2.36. The molecule has 1 aliphatic rings. The van der Waals surface area contributed by atoms with E-state index in [1.54, 1.807) is 6.08 Å². The minimum atomic E-state index is -1.18. The van der Waals surface area contributed by atoms with Gasteiger partial charge in [-0.2, -0.15) is 0 Å². The van der Waals surface area contributed by atoms with E-state index >= 15 is 0 Å². The van der Waals surface area contributed by atoms with Crippen LogP contribution in [0.1, 0.15) is 43.4 Å². The molecule has 0 radical (unpaired) electrons. The summed E-state index contributed by atoms with van der Waals surface area (Å²) >= 11 is 0. The van der Waals surface area contributed by atoms with Crippen LogP contribution in [0.4, 0.5) is 0 Å². The average molecular weight is 390 g/mol. The summed E-state index contributed by atoms with van der Waals surface area (Å²) in [5, 5.41) is 19.0. The van der Waals surface area contributed by atoms with Gasteiger partial charge >= 0.3 is 5.97 Å². The zero-order valence-corrected chi connectivity index (χ0v) is 16.8. The third kappa shape index (κ3) is 4.90. The van der Waals surface area contributed by atoms with Crippen molar-refractivity contribution in [1.82, 2.24) is 0 Å². The molecule has 3 rings (SSSR count). The van der Waals surface area contributed by atoms with Crippen molar-refractivity contribution in [2.45, 2.75) is 39.2 Å². The lowest BCUT2D eigenvalue weighted by molar-refractivity contribution is -0.140. The summed E-state index contributed by atoms with van der Waals surface area (Å²) < 4.78 is 0. The van der Waals surface area contributed by atoms with Crippen LogP contribution in [0.15, 0.2) is 72.3 Å². The van der Waals surface area contributed by atoms with Gasteiger partial charge in [0.2, 0.25) is 0 Å². The van der Waals surface area contributed by atoms with Crippen LogP contribution in [0, 0.1) is 5.41 Å². The van der Waals surface area contributed by atoms with E-state index in [0.29, 0.717) is 0 Å². The summed E-state index contributed by atoms with van der Waals surface area (Å²) in [6.45, 7) is 4.35. The van der Waals surface area contributed by atoms with Crippen LogP contribution >= 0.6 is 0 Å². The number of carbonyl (C=O) groups is 2. The van der Waals surface area contributed by atoms with E-state index < -0.39 is 24.3 Å². The number of ketones is 1. The maximum absolute atomic E-state index is 11.7. The Hall–Kier alpha value is -2.98. The highest BCUT2D eigenvalue weighted by Gasteiger charge is 2.32. The Morgan fingerprint density at radius 3 is 2.41 bits per heavy atom. The lowest BCUT2D eigenvalue weighted by atomic mass is 9.68. The Balaban J connectivity index is 2.03. The van der Waals surface area contributed by atoms with Crippen LogP contribution in [0.5, 0.6) is 0 Å². The third-order valence-electron chi connectivity index (χ3n) is 5.25. The number of fused-ring (bicyclic) bond motifs is 1. The van der Waals surface area contributed by atoms with E-state index in [-0.39, 0.29) is 11.8 Å². The van der Waals surface area contributed by atoms with Gasteiger partial charge in [-0.1, -0.05) is 80.6 Å². The van der Waals surface area contributed by atoms with Crippen LogP contribution in [-0.2, 0) is 16.0 Å². The van der Waals surface area contributed by atoms with Gasteiger partial charge in [0.1, 0.15) is 12.2 Å². The van der Waals surface area contributed by atoms with Crippen molar-refractivity contribution >= 4 is 17.3 Å². The second kappa shape index (κ2) is 8.58. The number of aliphatic hydroxyl groups excluding tert-OH is 1. The predicted octanol–water partition coefficient (Wildman–Crippen LogP) is 4.42. The quantitative estimate of drug-likeness (QED) is 0.686. The molecule has 2 N–H and O–H groups in total. The Labute approximate surface area is 171 Å². The van der Waals surface area contributed by atoms with E-state index in [2.05, 4.69) is 44.2 Å². The molecule has 0 saturated carbocycles. The molecule has 4 heteroatoms. The maximum Gasteiger partial charge on any atom is 0.310 e. The van der Waals surface area contributed by atoms with Gasteiger partial charge < -0.3 is 10.2 Å². The highest BCUT2D eigenvalue weighted by Crippen LogP contribution is 2.45. The molecule has 2 aromatic rings. The molecule has 4 nitrogen and oxygen atoms in total. The van der Waals surface area contributed by atoms with Gasteiger partial charge in [0.15, 0.2) is 0 Å². The SMILES string of the molecule is CC1(C)Cc2ccccc2C(c2ccccc2)=C1/C=C/C(O)CC(=O)CC(=O)O. The molecular formula is C25H26O4. The smallest absolute Gasteiger partial charge is 0.310 e. The zero-order chi connectivity index (χ0) is 21.0. The van der Waals surface area contributed by atoms with E-state index in [1.165, 1.54) is 11.1 Å². The fourth-order valence-electron chi connectivity index (χ4n) is 3.95. The second-order valence-electron chi connectivity index (χ2n) is 8.11. The van der Waals surface area contributed by atoms with E-state index in [4.69, 9.17) is 5.11 Å². The van der Waals surface area contributed by atoms with Gasteiger partial charge in [-0.25, -0.2) is 0 Å². The molecule has 29 heavy (non-hydrogen) atoms. The molecule has 1 unspecified atom stereocenters. The van der Waals surface area contributed by atoms with E-state index in [9.17, 15) is 14.7 Å². The van der Waals surface area contributed by atoms with E-state index in [0.717, 1.165) is 23.1 Å². The maximum atomic E-state index is 11.7. The minimum Gasteiger partial charge on any atom is -0.481 e. The fraction of sp³-hybridized carbons (Fsp3) is 0.280. The summed E-state index contributed by atoms with van der Waals surface area (Å²) in [6, 6.07) is 18.5. The fourth-order valence-corrected chi connectivity index (χ4v) is 3.95. The highest BCUT2D eigenvalue weighted by atomic mass is 16.4. The molecule has 0 fully saturated rings. The number of Topliss-reactive ketones (excluding diaryl/α,β-unsaturated/α-hetero) is 1. The number of hydrogen-bond acceptors (Lipinski definition) is 3. The van der Waals surface area contributed by atoms with Crippen LogP contribution in [0.3, 0.4) is 0 Å².